The van der Waals surface area contributed by atoms with Gasteiger partial charge in [0.1, 0.15) is 11.4 Å². The van der Waals surface area contributed by atoms with Gasteiger partial charge in [-0.2, -0.15) is 0 Å². The Hall–Kier alpha value is -0.770. The Morgan fingerprint density at radius 3 is 2.94 bits per heavy atom. The lowest BCUT2D eigenvalue weighted by Crippen LogP contribution is -2.43. The molecule has 1 aliphatic rings. The van der Waals surface area contributed by atoms with Crippen LogP contribution in [0.2, 0.25) is 5.02 Å². The van der Waals surface area contributed by atoms with Gasteiger partial charge < -0.3 is 15.2 Å². The van der Waals surface area contributed by atoms with E-state index < -0.39 is 5.60 Å². The number of rotatable bonds is 2. The maximum absolute atomic E-state index is 10.6. The van der Waals surface area contributed by atoms with E-state index in [1.165, 1.54) is 0 Å². The van der Waals surface area contributed by atoms with Gasteiger partial charge in [-0.05, 0) is 37.6 Å². The molecule has 1 aliphatic heterocycles. The molecule has 0 aromatic heterocycles. The lowest BCUT2D eigenvalue weighted by Gasteiger charge is -2.34. The quantitative estimate of drug-likeness (QED) is 0.831. The highest BCUT2D eigenvalue weighted by Gasteiger charge is 2.33. The van der Waals surface area contributed by atoms with Crippen LogP contribution in [0.5, 0.6) is 5.75 Å². The molecule has 0 amide bonds. The number of β-amino-alcohol motifs (C(OH)–C–C–N with tert-alkyl or cyclic N) is 1. The van der Waals surface area contributed by atoms with Crippen molar-refractivity contribution in [3.05, 3.63) is 28.8 Å². The zero-order chi connectivity index (χ0) is 11.6. The van der Waals surface area contributed by atoms with Gasteiger partial charge in [0.25, 0.3) is 0 Å². The molecule has 1 heterocycles. The minimum atomic E-state index is -0.867. The number of aliphatic hydroxyl groups is 1. The first-order valence-corrected chi connectivity index (χ1v) is 5.81. The van der Waals surface area contributed by atoms with E-state index in [1.54, 1.807) is 25.3 Å². The van der Waals surface area contributed by atoms with Crippen molar-refractivity contribution in [1.29, 1.82) is 0 Å². The molecule has 4 heteroatoms. The molecule has 0 spiro atoms. The summed E-state index contributed by atoms with van der Waals surface area (Å²) in [5, 5.41) is 14.4. The lowest BCUT2D eigenvalue weighted by molar-refractivity contribution is 0.0103. The fraction of sp³-hybridized carbons (Fsp3) is 0.500. The summed E-state index contributed by atoms with van der Waals surface area (Å²) in [4.78, 5) is 0. The number of benzene rings is 1. The third-order valence-electron chi connectivity index (χ3n) is 3.02. The number of methoxy groups -OCH3 is 1. The summed E-state index contributed by atoms with van der Waals surface area (Å²) in [5.41, 5.74) is -0.0937. The van der Waals surface area contributed by atoms with Crippen LogP contribution in [0.1, 0.15) is 18.4 Å². The minimum Gasteiger partial charge on any atom is -0.496 e. The number of hydrogen-bond acceptors (Lipinski definition) is 3. The van der Waals surface area contributed by atoms with E-state index in [0.717, 1.165) is 24.9 Å². The summed E-state index contributed by atoms with van der Waals surface area (Å²) >= 11 is 5.97. The van der Waals surface area contributed by atoms with E-state index in [1.807, 2.05) is 0 Å². The molecule has 0 bridgehead atoms. The molecule has 3 nitrogen and oxygen atoms in total. The molecule has 1 aromatic carbocycles. The number of ether oxygens (including phenoxy) is 1. The van der Waals surface area contributed by atoms with Crippen LogP contribution < -0.4 is 10.1 Å². The van der Waals surface area contributed by atoms with Gasteiger partial charge in [-0.3, -0.25) is 0 Å². The van der Waals surface area contributed by atoms with Crippen LogP contribution in [0, 0.1) is 0 Å². The fourth-order valence-electron chi connectivity index (χ4n) is 2.16. The van der Waals surface area contributed by atoms with Gasteiger partial charge in [-0.25, -0.2) is 0 Å². The molecule has 2 rings (SSSR count). The van der Waals surface area contributed by atoms with Crippen LogP contribution in [-0.2, 0) is 5.60 Å². The fourth-order valence-corrected chi connectivity index (χ4v) is 2.34. The third-order valence-corrected chi connectivity index (χ3v) is 3.26. The van der Waals surface area contributed by atoms with Crippen molar-refractivity contribution in [3.63, 3.8) is 0 Å². The van der Waals surface area contributed by atoms with E-state index in [0.29, 0.717) is 17.3 Å². The molecule has 2 N–H and O–H groups in total. The number of piperidine rings is 1. The zero-order valence-electron chi connectivity index (χ0n) is 9.29. The van der Waals surface area contributed by atoms with Crippen molar-refractivity contribution in [1.82, 2.24) is 5.32 Å². The van der Waals surface area contributed by atoms with Crippen molar-refractivity contribution in [2.24, 2.45) is 0 Å². The van der Waals surface area contributed by atoms with E-state index in [-0.39, 0.29) is 0 Å². The van der Waals surface area contributed by atoms with Crippen LogP contribution in [0.3, 0.4) is 0 Å². The summed E-state index contributed by atoms with van der Waals surface area (Å²) in [6.07, 6.45) is 1.68. The van der Waals surface area contributed by atoms with E-state index in [9.17, 15) is 5.11 Å². The highest BCUT2D eigenvalue weighted by Crippen LogP contribution is 2.36. The van der Waals surface area contributed by atoms with E-state index in [2.05, 4.69) is 5.32 Å². The van der Waals surface area contributed by atoms with Crippen LogP contribution in [-0.4, -0.2) is 25.3 Å². The van der Waals surface area contributed by atoms with Crippen molar-refractivity contribution in [2.45, 2.75) is 18.4 Å². The molecule has 16 heavy (non-hydrogen) atoms. The second-order valence-electron chi connectivity index (χ2n) is 4.16. The third kappa shape index (κ3) is 2.17. The Kier molecular flexibility index (Phi) is 3.38. The normalized spacial score (nSPS) is 25.4. The molecule has 1 aromatic rings. The van der Waals surface area contributed by atoms with Gasteiger partial charge in [0, 0.05) is 17.1 Å². The topological polar surface area (TPSA) is 41.5 Å². The van der Waals surface area contributed by atoms with Crippen molar-refractivity contribution in [2.75, 3.05) is 20.2 Å². The molecule has 0 radical (unpaired) electrons. The molecule has 1 unspecified atom stereocenters. The van der Waals surface area contributed by atoms with E-state index >= 15 is 0 Å². The van der Waals surface area contributed by atoms with Gasteiger partial charge in [-0.1, -0.05) is 11.6 Å². The van der Waals surface area contributed by atoms with Crippen LogP contribution in [0.15, 0.2) is 18.2 Å². The minimum absolute atomic E-state index is 0.545. The summed E-state index contributed by atoms with van der Waals surface area (Å²) in [6, 6.07) is 5.35. The highest BCUT2D eigenvalue weighted by molar-refractivity contribution is 6.30. The standard InChI is InChI=1S/C12H16ClNO2/c1-16-11-4-3-9(13)7-10(11)12(15)5-2-6-14-8-12/h3-4,7,14-15H,2,5-6,8H2,1H3. The predicted octanol–water partition coefficient (Wildman–Crippen LogP) is 1.92. The highest BCUT2D eigenvalue weighted by atomic mass is 35.5. The Balaban J connectivity index is 2.40. The Bertz CT molecular complexity index is 375. The van der Waals surface area contributed by atoms with Gasteiger partial charge in [-0.15, -0.1) is 0 Å². The second-order valence-corrected chi connectivity index (χ2v) is 4.59. The molecule has 0 saturated carbocycles. The first-order valence-electron chi connectivity index (χ1n) is 5.43. The SMILES string of the molecule is COc1ccc(Cl)cc1C1(O)CCCNC1. The molecule has 1 saturated heterocycles. The predicted molar refractivity (Wildman–Crippen MR) is 64.0 cm³/mol. The number of halogens is 1. The molecular weight excluding hydrogens is 226 g/mol. The lowest BCUT2D eigenvalue weighted by atomic mass is 9.86. The maximum Gasteiger partial charge on any atom is 0.125 e. The Morgan fingerprint density at radius 2 is 2.31 bits per heavy atom. The van der Waals surface area contributed by atoms with Crippen LogP contribution in [0.25, 0.3) is 0 Å². The zero-order valence-corrected chi connectivity index (χ0v) is 10.0. The number of hydrogen-bond donors (Lipinski definition) is 2. The molecule has 1 atom stereocenters. The number of nitrogens with one attached hydrogen (secondary N) is 1. The maximum atomic E-state index is 10.6. The van der Waals surface area contributed by atoms with Gasteiger partial charge in [0.15, 0.2) is 0 Å². The molecular formula is C12H16ClNO2. The van der Waals surface area contributed by atoms with Crippen molar-refractivity contribution in [3.8, 4) is 5.75 Å². The average Bonchev–Trinajstić information content (AvgIpc) is 2.30. The van der Waals surface area contributed by atoms with Crippen molar-refractivity contribution >= 4 is 11.6 Å². The Labute approximate surface area is 100 Å². The Morgan fingerprint density at radius 1 is 1.50 bits per heavy atom. The van der Waals surface area contributed by atoms with E-state index in [4.69, 9.17) is 16.3 Å². The van der Waals surface area contributed by atoms with Crippen molar-refractivity contribution < 1.29 is 9.84 Å². The van der Waals surface area contributed by atoms with Gasteiger partial charge in [0.05, 0.1) is 7.11 Å². The monoisotopic (exact) mass is 241 g/mol. The van der Waals surface area contributed by atoms with Crippen LogP contribution >= 0.6 is 11.6 Å². The van der Waals surface area contributed by atoms with Gasteiger partial charge >= 0.3 is 0 Å². The molecule has 88 valence electrons. The smallest absolute Gasteiger partial charge is 0.125 e. The second kappa shape index (κ2) is 4.62. The first kappa shape index (κ1) is 11.7. The average molecular weight is 242 g/mol. The summed E-state index contributed by atoms with van der Waals surface area (Å²) < 4.78 is 5.27. The summed E-state index contributed by atoms with van der Waals surface area (Å²) in [5.74, 6) is 0.690. The summed E-state index contributed by atoms with van der Waals surface area (Å²) in [7, 11) is 1.60. The molecule has 1 fully saturated rings. The first-order chi connectivity index (χ1) is 7.65. The molecule has 0 aliphatic carbocycles. The van der Waals surface area contributed by atoms with Gasteiger partial charge in [0.2, 0.25) is 0 Å². The van der Waals surface area contributed by atoms with Crippen LogP contribution in [0.4, 0.5) is 0 Å². The summed E-state index contributed by atoms with van der Waals surface area (Å²) in [6.45, 7) is 1.49. The largest absolute Gasteiger partial charge is 0.496 e.